The molecule has 0 saturated heterocycles. The van der Waals surface area contributed by atoms with Gasteiger partial charge in [-0.05, 0) is 91.9 Å². The summed E-state index contributed by atoms with van der Waals surface area (Å²) in [5.74, 6) is -0.112. The van der Waals surface area contributed by atoms with Crippen molar-refractivity contribution < 1.29 is 40.2 Å². The minimum Gasteiger partial charge on any atom is -0.497 e. The summed E-state index contributed by atoms with van der Waals surface area (Å²) in [5.41, 5.74) is 0.563. The van der Waals surface area contributed by atoms with Crippen LogP contribution in [-0.4, -0.2) is 50.1 Å². The van der Waals surface area contributed by atoms with E-state index in [2.05, 4.69) is 10.0 Å². The van der Waals surface area contributed by atoms with Crippen LogP contribution in [0.2, 0.25) is 0 Å². The number of rotatable bonds is 13. The maximum atomic E-state index is 13.5. The van der Waals surface area contributed by atoms with Crippen LogP contribution in [0.5, 0.6) is 17.2 Å². The average Bonchev–Trinajstić information content (AvgIpc) is 3.00. The number of methoxy groups -OCH3 is 2. The van der Waals surface area contributed by atoms with Gasteiger partial charge in [0.25, 0.3) is 20.0 Å². The van der Waals surface area contributed by atoms with Crippen molar-refractivity contribution >= 4 is 43.0 Å². The lowest BCUT2D eigenvalue weighted by Gasteiger charge is -2.24. The Labute approximate surface area is 255 Å². The molecule has 0 heterocycles. The predicted octanol–water partition coefficient (Wildman–Crippen LogP) is 4.88. The van der Waals surface area contributed by atoms with Gasteiger partial charge in [0.05, 0.1) is 42.0 Å². The molecule has 0 aliphatic heterocycles. The van der Waals surface area contributed by atoms with Gasteiger partial charge in [-0.1, -0.05) is 0 Å². The molecule has 44 heavy (non-hydrogen) atoms. The summed E-state index contributed by atoms with van der Waals surface area (Å²) in [6, 6.07) is 20.3. The van der Waals surface area contributed by atoms with Crippen molar-refractivity contribution in [3.05, 3.63) is 96.8 Å². The molecule has 0 aromatic heterocycles. The Bertz CT molecular complexity index is 1820. The standard InChI is InChI=1S/C30H30FN3O8S2/c1-4-42-24-11-9-23(10-12-24)34(44(38,39)27-14-5-21(31)6-15-27)20-30(35)32-22-7-16-26(17-8-22)43(36,37)33-28-19-25(40-2)13-18-29(28)41-3/h5-19,33H,4,20H2,1-3H3,(H,32,35). The van der Waals surface area contributed by atoms with Gasteiger partial charge in [-0.25, -0.2) is 21.2 Å². The van der Waals surface area contributed by atoms with Gasteiger partial charge < -0.3 is 19.5 Å². The highest BCUT2D eigenvalue weighted by atomic mass is 32.2. The molecule has 11 nitrogen and oxygen atoms in total. The van der Waals surface area contributed by atoms with E-state index in [0.717, 1.165) is 28.6 Å². The lowest BCUT2D eigenvalue weighted by molar-refractivity contribution is -0.114. The quantitative estimate of drug-likeness (QED) is 0.210. The van der Waals surface area contributed by atoms with E-state index >= 15 is 0 Å². The van der Waals surface area contributed by atoms with Crippen molar-refractivity contribution in [2.24, 2.45) is 0 Å². The van der Waals surface area contributed by atoms with Crippen molar-refractivity contribution in [1.29, 1.82) is 0 Å². The molecular formula is C30H30FN3O8S2. The molecular weight excluding hydrogens is 613 g/mol. The summed E-state index contributed by atoms with van der Waals surface area (Å²) >= 11 is 0. The van der Waals surface area contributed by atoms with Crippen LogP contribution in [0, 0.1) is 5.82 Å². The monoisotopic (exact) mass is 643 g/mol. The van der Waals surface area contributed by atoms with Gasteiger partial charge in [-0.15, -0.1) is 0 Å². The van der Waals surface area contributed by atoms with E-state index in [9.17, 15) is 26.0 Å². The normalized spacial score (nSPS) is 11.4. The number of hydrogen-bond acceptors (Lipinski definition) is 8. The van der Waals surface area contributed by atoms with Crippen molar-refractivity contribution in [1.82, 2.24) is 0 Å². The van der Waals surface area contributed by atoms with Crippen LogP contribution >= 0.6 is 0 Å². The highest BCUT2D eigenvalue weighted by Gasteiger charge is 2.28. The van der Waals surface area contributed by atoms with Gasteiger partial charge in [0, 0.05) is 11.8 Å². The lowest BCUT2D eigenvalue weighted by Crippen LogP contribution is -2.38. The Hall–Kier alpha value is -4.82. The Morgan fingerprint density at radius 1 is 0.795 bits per heavy atom. The lowest BCUT2D eigenvalue weighted by atomic mass is 10.3. The molecule has 0 bridgehead atoms. The van der Waals surface area contributed by atoms with Crippen LogP contribution in [-0.2, 0) is 24.8 Å². The molecule has 232 valence electrons. The van der Waals surface area contributed by atoms with E-state index in [4.69, 9.17) is 14.2 Å². The Balaban J connectivity index is 1.54. The molecule has 0 unspecified atom stereocenters. The number of amides is 1. The minimum atomic E-state index is -4.29. The summed E-state index contributed by atoms with van der Waals surface area (Å²) in [5, 5.41) is 2.59. The average molecular weight is 644 g/mol. The Kier molecular flexibility index (Phi) is 9.96. The maximum absolute atomic E-state index is 13.5. The number of ether oxygens (including phenoxy) is 3. The summed E-state index contributed by atoms with van der Waals surface area (Å²) in [6.07, 6.45) is 0. The van der Waals surface area contributed by atoms with Gasteiger partial charge in [0.2, 0.25) is 5.91 Å². The molecule has 14 heteroatoms. The first-order valence-corrected chi connectivity index (χ1v) is 16.0. The number of carbonyl (C=O) groups is 1. The van der Waals surface area contributed by atoms with E-state index in [1.807, 2.05) is 0 Å². The first kappa shape index (κ1) is 32.1. The second-order valence-electron chi connectivity index (χ2n) is 9.14. The fraction of sp³-hybridized carbons (Fsp3) is 0.167. The van der Waals surface area contributed by atoms with Crippen molar-refractivity contribution in [2.45, 2.75) is 16.7 Å². The van der Waals surface area contributed by atoms with E-state index in [1.165, 1.54) is 56.7 Å². The number of nitrogens with zero attached hydrogens (tertiary/aromatic N) is 1. The molecule has 0 aliphatic rings. The van der Waals surface area contributed by atoms with Crippen LogP contribution in [0.25, 0.3) is 0 Å². The zero-order valence-electron chi connectivity index (χ0n) is 24.0. The van der Waals surface area contributed by atoms with Gasteiger partial charge in [0.15, 0.2) is 0 Å². The zero-order chi connectivity index (χ0) is 31.9. The molecule has 1 amide bonds. The van der Waals surface area contributed by atoms with Crippen LogP contribution in [0.15, 0.2) is 101 Å². The van der Waals surface area contributed by atoms with Crippen LogP contribution in [0.4, 0.5) is 21.5 Å². The van der Waals surface area contributed by atoms with E-state index < -0.39 is 38.3 Å². The van der Waals surface area contributed by atoms with Crippen LogP contribution in [0.3, 0.4) is 0 Å². The van der Waals surface area contributed by atoms with Crippen LogP contribution in [0.1, 0.15) is 6.92 Å². The zero-order valence-corrected chi connectivity index (χ0v) is 25.6. The number of anilines is 3. The molecule has 0 atom stereocenters. The topological polar surface area (TPSA) is 140 Å². The maximum Gasteiger partial charge on any atom is 0.264 e. The summed E-state index contributed by atoms with van der Waals surface area (Å²) in [4.78, 5) is 12.8. The van der Waals surface area contributed by atoms with E-state index in [0.29, 0.717) is 18.1 Å². The molecule has 0 spiro atoms. The highest BCUT2D eigenvalue weighted by molar-refractivity contribution is 7.93. The number of benzene rings is 4. The highest BCUT2D eigenvalue weighted by Crippen LogP contribution is 2.31. The SMILES string of the molecule is CCOc1ccc(N(CC(=O)Nc2ccc(S(=O)(=O)Nc3cc(OC)ccc3OC)cc2)S(=O)(=O)c2ccc(F)cc2)cc1. The fourth-order valence-corrected chi connectivity index (χ4v) is 6.55. The summed E-state index contributed by atoms with van der Waals surface area (Å²) in [6.45, 7) is 1.58. The predicted molar refractivity (Wildman–Crippen MR) is 164 cm³/mol. The molecule has 0 radical (unpaired) electrons. The number of nitrogens with one attached hydrogen (secondary N) is 2. The first-order chi connectivity index (χ1) is 21.0. The van der Waals surface area contributed by atoms with Gasteiger partial charge >= 0.3 is 0 Å². The molecule has 4 aromatic rings. The smallest absolute Gasteiger partial charge is 0.264 e. The minimum absolute atomic E-state index is 0.102. The summed E-state index contributed by atoms with van der Waals surface area (Å²) in [7, 11) is -5.50. The number of halogens is 1. The molecule has 4 rings (SSSR count). The Morgan fingerprint density at radius 2 is 1.41 bits per heavy atom. The second kappa shape index (κ2) is 13.7. The van der Waals surface area contributed by atoms with Gasteiger partial charge in [0.1, 0.15) is 29.6 Å². The third-order valence-electron chi connectivity index (χ3n) is 6.22. The molecule has 4 aromatic carbocycles. The van der Waals surface area contributed by atoms with Crippen molar-refractivity contribution in [3.63, 3.8) is 0 Å². The second-order valence-corrected chi connectivity index (χ2v) is 12.7. The van der Waals surface area contributed by atoms with Gasteiger partial charge in [-0.2, -0.15) is 0 Å². The van der Waals surface area contributed by atoms with Crippen molar-refractivity contribution in [2.75, 3.05) is 41.7 Å². The fourth-order valence-electron chi connectivity index (χ4n) is 4.07. The number of carbonyl (C=O) groups excluding carboxylic acids is 1. The van der Waals surface area contributed by atoms with Crippen molar-refractivity contribution in [3.8, 4) is 17.2 Å². The molecule has 2 N–H and O–H groups in total. The van der Waals surface area contributed by atoms with E-state index in [-0.39, 0.29) is 32.6 Å². The molecule has 0 aliphatic carbocycles. The largest absolute Gasteiger partial charge is 0.497 e. The third-order valence-corrected chi connectivity index (χ3v) is 9.39. The number of sulfonamides is 2. The Morgan fingerprint density at radius 3 is 2.00 bits per heavy atom. The third kappa shape index (κ3) is 7.57. The van der Waals surface area contributed by atoms with Crippen LogP contribution < -0.4 is 28.6 Å². The summed E-state index contributed by atoms with van der Waals surface area (Å²) < 4.78 is 85.8. The molecule has 0 fully saturated rings. The first-order valence-electron chi connectivity index (χ1n) is 13.1. The number of hydrogen-bond donors (Lipinski definition) is 2. The van der Waals surface area contributed by atoms with Gasteiger partial charge in [-0.3, -0.25) is 13.8 Å². The molecule has 0 saturated carbocycles. The van der Waals surface area contributed by atoms with E-state index in [1.54, 1.807) is 31.2 Å².